The van der Waals surface area contributed by atoms with Crippen LogP contribution in [-0.4, -0.2) is 31.1 Å². The van der Waals surface area contributed by atoms with E-state index in [1.807, 2.05) is 11.8 Å². The molecule has 1 unspecified atom stereocenters. The van der Waals surface area contributed by atoms with E-state index in [0.717, 1.165) is 19.7 Å². The summed E-state index contributed by atoms with van der Waals surface area (Å²) in [6.45, 7) is 3.13. The summed E-state index contributed by atoms with van der Waals surface area (Å²) in [6, 6.07) is 8.73. The number of hydrogen-bond donors (Lipinski definition) is 1. The summed E-state index contributed by atoms with van der Waals surface area (Å²) in [4.78, 5) is 1.45. The SMILES string of the molecule is c1ccc2c(c1)CC(COC1CCNCC1)S2. The molecule has 2 aliphatic heterocycles. The summed E-state index contributed by atoms with van der Waals surface area (Å²) in [5, 5.41) is 4.00. The summed E-state index contributed by atoms with van der Waals surface area (Å²) in [6.07, 6.45) is 4.00. The molecule has 0 spiro atoms. The Kier molecular flexibility index (Phi) is 3.69. The fourth-order valence-corrected chi connectivity index (χ4v) is 3.78. The monoisotopic (exact) mass is 249 g/mol. The van der Waals surface area contributed by atoms with Gasteiger partial charge in [-0.3, -0.25) is 0 Å². The fourth-order valence-electron chi connectivity index (χ4n) is 2.55. The van der Waals surface area contributed by atoms with Gasteiger partial charge in [0.05, 0.1) is 12.7 Å². The van der Waals surface area contributed by atoms with Crippen LogP contribution in [0.4, 0.5) is 0 Å². The Morgan fingerprint density at radius 3 is 2.88 bits per heavy atom. The predicted molar refractivity (Wildman–Crippen MR) is 71.6 cm³/mol. The summed E-state index contributed by atoms with van der Waals surface area (Å²) in [5.41, 5.74) is 1.50. The summed E-state index contributed by atoms with van der Waals surface area (Å²) < 4.78 is 6.04. The van der Waals surface area contributed by atoms with Gasteiger partial charge >= 0.3 is 0 Å². The molecular formula is C14H19NOS. The third-order valence-corrected chi connectivity index (χ3v) is 4.81. The van der Waals surface area contributed by atoms with Crippen molar-refractivity contribution in [1.29, 1.82) is 0 Å². The predicted octanol–water partition coefficient (Wildman–Crippen LogP) is 2.47. The number of nitrogens with one attached hydrogen (secondary N) is 1. The van der Waals surface area contributed by atoms with E-state index < -0.39 is 0 Å². The molecule has 1 N–H and O–H groups in total. The second kappa shape index (κ2) is 5.42. The first kappa shape index (κ1) is 11.6. The second-order valence-electron chi connectivity index (χ2n) is 4.83. The number of benzene rings is 1. The van der Waals surface area contributed by atoms with Crippen molar-refractivity contribution in [3.05, 3.63) is 29.8 Å². The molecule has 2 nitrogen and oxygen atoms in total. The Morgan fingerprint density at radius 2 is 2.06 bits per heavy atom. The number of hydrogen-bond acceptors (Lipinski definition) is 3. The van der Waals surface area contributed by atoms with Gasteiger partial charge < -0.3 is 10.1 Å². The van der Waals surface area contributed by atoms with E-state index in [1.54, 1.807) is 0 Å². The molecule has 1 aromatic rings. The first-order valence-electron chi connectivity index (χ1n) is 6.49. The molecule has 0 amide bonds. The Labute approximate surface area is 107 Å². The van der Waals surface area contributed by atoms with E-state index in [9.17, 15) is 0 Å². The van der Waals surface area contributed by atoms with Gasteiger partial charge in [0.1, 0.15) is 0 Å². The molecule has 1 aromatic carbocycles. The van der Waals surface area contributed by atoms with E-state index in [0.29, 0.717) is 11.4 Å². The van der Waals surface area contributed by atoms with Crippen LogP contribution in [-0.2, 0) is 11.2 Å². The fraction of sp³-hybridized carbons (Fsp3) is 0.571. The average Bonchev–Trinajstić information content (AvgIpc) is 2.80. The van der Waals surface area contributed by atoms with Gasteiger partial charge in [-0.05, 0) is 44.0 Å². The normalized spacial score (nSPS) is 24.8. The molecule has 17 heavy (non-hydrogen) atoms. The van der Waals surface area contributed by atoms with Gasteiger partial charge in [0, 0.05) is 10.1 Å². The molecule has 0 saturated carbocycles. The number of piperidine rings is 1. The number of ether oxygens (including phenoxy) is 1. The van der Waals surface area contributed by atoms with Gasteiger partial charge in [0.2, 0.25) is 0 Å². The smallest absolute Gasteiger partial charge is 0.0599 e. The Hall–Kier alpha value is -0.510. The molecule has 0 radical (unpaired) electrons. The van der Waals surface area contributed by atoms with E-state index in [-0.39, 0.29) is 0 Å². The van der Waals surface area contributed by atoms with Gasteiger partial charge in [-0.25, -0.2) is 0 Å². The Morgan fingerprint density at radius 1 is 1.24 bits per heavy atom. The quantitative estimate of drug-likeness (QED) is 0.889. The van der Waals surface area contributed by atoms with Crippen LogP contribution >= 0.6 is 11.8 Å². The first-order valence-corrected chi connectivity index (χ1v) is 7.36. The highest BCUT2D eigenvalue weighted by molar-refractivity contribution is 8.00. The maximum Gasteiger partial charge on any atom is 0.0599 e. The van der Waals surface area contributed by atoms with Crippen LogP contribution < -0.4 is 5.32 Å². The Balaban J connectivity index is 1.48. The highest BCUT2D eigenvalue weighted by Gasteiger charge is 2.23. The topological polar surface area (TPSA) is 21.3 Å². The van der Waals surface area contributed by atoms with Crippen LogP contribution in [0.3, 0.4) is 0 Å². The highest BCUT2D eigenvalue weighted by atomic mass is 32.2. The molecule has 92 valence electrons. The van der Waals surface area contributed by atoms with Crippen molar-refractivity contribution in [1.82, 2.24) is 5.32 Å². The standard InChI is InChI=1S/C14H19NOS/c1-2-4-14-11(3-1)9-13(17-14)10-16-12-5-7-15-8-6-12/h1-4,12-13,15H,5-10H2. The van der Waals surface area contributed by atoms with Gasteiger partial charge in [-0.15, -0.1) is 11.8 Å². The molecule has 0 bridgehead atoms. The minimum atomic E-state index is 0.487. The van der Waals surface area contributed by atoms with Crippen molar-refractivity contribution in [2.24, 2.45) is 0 Å². The van der Waals surface area contributed by atoms with Crippen molar-refractivity contribution in [2.45, 2.75) is 35.5 Å². The summed E-state index contributed by atoms with van der Waals surface area (Å²) in [7, 11) is 0. The first-order chi connectivity index (χ1) is 8.42. The maximum absolute atomic E-state index is 6.04. The third-order valence-electron chi connectivity index (χ3n) is 3.52. The number of fused-ring (bicyclic) bond motifs is 1. The Bertz CT molecular complexity index is 351. The molecular weight excluding hydrogens is 230 g/mol. The molecule has 1 saturated heterocycles. The van der Waals surface area contributed by atoms with E-state index in [1.165, 1.54) is 29.7 Å². The molecule has 2 aliphatic rings. The minimum absolute atomic E-state index is 0.487. The van der Waals surface area contributed by atoms with Crippen LogP contribution in [0.25, 0.3) is 0 Å². The van der Waals surface area contributed by atoms with E-state index in [4.69, 9.17) is 4.74 Å². The van der Waals surface area contributed by atoms with Gasteiger partial charge in [-0.1, -0.05) is 18.2 Å². The molecule has 1 atom stereocenters. The molecule has 0 aromatic heterocycles. The average molecular weight is 249 g/mol. The van der Waals surface area contributed by atoms with Crippen molar-refractivity contribution >= 4 is 11.8 Å². The van der Waals surface area contributed by atoms with E-state index in [2.05, 4.69) is 29.6 Å². The van der Waals surface area contributed by atoms with Gasteiger partial charge in [0.15, 0.2) is 0 Å². The van der Waals surface area contributed by atoms with Crippen LogP contribution in [0.5, 0.6) is 0 Å². The lowest BCUT2D eigenvalue weighted by Crippen LogP contribution is -2.33. The van der Waals surface area contributed by atoms with Crippen LogP contribution in [0, 0.1) is 0 Å². The van der Waals surface area contributed by atoms with Gasteiger partial charge in [0.25, 0.3) is 0 Å². The zero-order chi connectivity index (χ0) is 11.5. The van der Waals surface area contributed by atoms with Crippen molar-refractivity contribution in [3.8, 4) is 0 Å². The second-order valence-corrected chi connectivity index (χ2v) is 6.18. The van der Waals surface area contributed by atoms with Crippen LogP contribution in [0.2, 0.25) is 0 Å². The molecule has 3 heteroatoms. The molecule has 2 heterocycles. The largest absolute Gasteiger partial charge is 0.377 e. The summed E-state index contributed by atoms with van der Waals surface area (Å²) >= 11 is 1.98. The number of thioether (sulfide) groups is 1. The lowest BCUT2D eigenvalue weighted by Gasteiger charge is -2.24. The lowest BCUT2D eigenvalue weighted by molar-refractivity contribution is 0.0342. The summed E-state index contributed by atoms with van der Waals surface area (Å²) in [5.74, 6) is 0. The van der Waals surface area contributed by atoms with E-state index >= 15 is 0 Å². The van der Waals surface area contributed by atoms with Gasteiger partial charge in [-0.2, -0.15) is 0 Å². The van der Waals surface area contributed by atoms with Crippen molar-refractivity contribution < 1.29 is 4.74 Å². The van der Waals surface area contributed by atoms with Crippen LogP contribution in [0.1, 0.15) is 18.4 Å². The molecule has 1 fully saturated rings. The van der Waals surface area contributed by atoms with Crippen LogP contribution in [0.15, 0.2) is 29.2 Å². The van der Waals surface area contributed by atoms with Crippen molar-refractivity contribution in [2.75, 3.05) is 19.7 Å². The minimum Gasteiger partial charge on any atom is -0.377 e. The zero-order valence-electron chi connectivity index (χ0n) is 10.0. The van der Waals surface area contributed by atoms with Crippen molar-refractivity contribution in [3.63, 3.8) is 0 Å². The number of rotatable bonds is 3. The zero-order valence-corrected chi connectivity index (χ0v) is 10.8. The molecule has 0 aliphatic carbocycles. The maximum atomic E-state index is 6.04. The molecule has 3 rings (SSSR count). The lowest BCUT2D eigenvalue weighted by atomic mass is 10.1. The third kappa shape index (κ3) is 2.84. The highest BCUT2D eigenvalue weighted by Crippen LogP contribution is 2.36.